The van der Waals surface area contributed by atoms with Gasteiger partial charge in [-0.05, 0) is 30.4 Å². The summed E-state index contributed by atoms with van der Waals surface area (Å²) < 4.78 is 7.35. The Kier molecular flexibility index (Phi) is 4.59. The first kappa shape index (κ1) is 17.2. The van der Waals surface area contributed by atoms with Gasteiger partial charge in [-0.15, -0.1) is 6.58 Å². The van der Waals surface area contributed by atoms with Gasteiger partial charge >= 0.3 is 0 Å². The fraction of sp³-hybridized carbons (Fsp3) is 0.227. The van der Waals surface area contributed by atoms with Crippen molar-refractivity contribution < 1.29 is 4.52 Å². The van der Waals surface area contributed by atoms with Gasteiger partial charge in [0.25, 0.3) is 5.89 Å². The van der Waals surface area contributed by atoms with Crippen LogP contribution in [0.1, 0.15) is 25.6 Å². The maximum atomic E-state index is 5.52. The molecule has 0 spiro atoms. The lowest BCUT2D eigenvalue weighted by molar-refractivity contribution is 0.425. The van der Waals surface area contributed by atoms with Crippen molar-refractivity contribution >= 4 is 5.57 Å². The molecule has 0 amide bonds. The van der Waals surface area contributed by atoms with E-state index in [2.05, 4.69) is 53.0 Å². The van der Waals surface area contributed by atoms with Gasteiger partial charge in [0.1, 0.15) is 0 Å². The summed E-state index contributed by atoms with van der Waals surface area (Å²) in [6, 6.07) is 12.1. The van der Waals surface area contributed by atoms with E-state index in [-0.39, 0.29) is 0 Å². The summed E-state index contributed by atoms with van der Waals surface area (Å²) in [6.45, 7) is 6.00. The number of allylic oxidation sites excluding steroid dienone is 5. The standard InChI is InChI=1S/C22H22N4O/c1-4-8-16-11-12-18(15(2)13-16)21-23-22(27-25-21)19-14-20(26(3)24-19)17-9-6-5-7-10-17/h4-7,9-12,14-15H,1,8,13H2,2-3H3. The average Bonchev–Trinajstić information content (AvgIpc) is 3.30. The summed E-state index contributed by atoms with van der Waals surface area (Å²) in [5.41, 5.74) is 5.26. The predicted molar refractivity (Wildman–Crippen MR) is 107 cm³/mol. The van der Waals surface area contributed by atoms with E-state index in [1.807, 2.05) is 42.1 Å². The van der Waals surface area contributed by atoms with Crippen LogP contribution in [0.4, 0.5) is 0 Å². The van der Waals surface area contributed by atoms with Crippen molar-refractivity contribution in [3.63, 3.8) is 0 Å². The van der Waals surface area contributed by atoms with Gasteiger partial charge in [-0.1, -0.05) is 66.2 Å². The molecule has 0 saturated heterocycles. The number of rotatable bonds is 5. The van der Waals surface area contributed by atoms with Gasteiger partial charge in [-0.25, -0.2) is 0 Å². The number of hydrogen-bond acceptors (Lipinski definition) is 4. The molecule has 5 heteroatoms. The topological polar surface area (TPSA) is 56.7 Å². The highest BCUT2D eigenvalue weighted by molar-refractivity contribution is 5.68. The minimum atomic E-state index is 0.346. The molecule has 0 aliphatic heterocycles. The highest BCUT2D eigenvalue weighted by Gasteiger charge is 2.22. The highest BCUT2D eigenvalue weighted by atomic mass is 16.5. The molecule has 0 fully saturated rings. The second-order valence-corrected chi connectivity index (χ2v) is 6.87. The van der Waals surface area contributed by atoms with E-state index in [9.17, 15) is 0 Å². The molecule has 3 aromatic rings. The van der Waals surface area contributed by atoms with Crippen molar-refractivity contribution in [2.24, 2.45) is 13.0 Å². The van der Waals surface area contributed by atoms with Gasteiger partial charge in [0, 0.05) is 12.6 Å². The third kappa shape index (κ3) is 3.40. The van der Waals surface area contributed by atoms with Crippen LogP contribution >= 0.6 is 0 Å². The number of hydrogen-bond donors (Lipinski definition) is 0. The van der Waals surface area contributed by atoms with Crippen LogP contribution in [0.15, 0.2) is 71.3 Å². The lowest BCUT2D eigenvalue weighted by atomic mass is 9.87. The minimum Gasteiger partial charge on any atom is -0.332 e. The Morgan fingerprint density at radius 2 is 2.07 bits per heavy atom. The molecule has 136 valence electrons. The van der Waals surface area contributed by atoms with Crippen molar-refractivity contribution in [1.29, 1.82) is 0 Å². The van der Waals surface area contributed by atoms with Crippen LogP contribution in [0.2, 0.25) is 0 Å². The smallest absolute Gasteiger partial charge is 0.278 e. The molecule has 5 nitrogen and oxygen atoms in total. The third-order valence-corrected chi connectivity index (χ3v) is 4.86. The van der Waals surface area contributed by atoms with Gasteiger partial charge in [-0.3, -0.25) is 4.68 Å². The van der Waals surface area contributed by atoms with Crippen molar-refractivity contribution in [3.05, 3.63) is 72.6 Å². The Morgan fingerprint density at radius 1 is 1.26 bits per heavy atom. The third-order valence-electron chi connectivity index (χ3n) is 4.86. The van der Waals surface area contributed by atoms with E-state index < -0.39 is 0 Å². The minimum absolute atomic E-state index is 0.346. The molecule has 0 radical (unpaired) electrons. The molecule has 2 heterocycles. The van der Waals surface area contributed by atoms with Crippen LogP contribution in [0.3, 0.4) is 0 Å². The SMILES string of the molecule is C=CCC1=CC=C(c2noc(-c3cc(-c4ccccc4)n(C)n3)n2)C(C)C1. The summed E-state index contributed by atoms with van der Waals surface area (Å²) >= 11 is 0. The molecular weight excluding hydrogens is 336 g/mol. The zero-order chi connectivity index (χ0) is 18.8. The van der Waals surface area contributed by atoms with Crippen LogP contribution in [-0.4, -0.2) is 19.9 Å². The molecule has 1 atom stereocenters. The van der Waals surface area contributed by atoms with Crippen LogP contribution < -0.4 is 0 Å². The highest BCUT2D eigenvalue weighted by Crippen LogP contribution is 2.33. The fourth-order valence-corrected chi connectivity index (χ4v) is 3.47. The Balaban J connectivity index is 1.63. The van der Waals surface area contributed by atoms with E-state index in [0.717, 1.165) is 29.7 Å². The Hall–Kier alpha value is -3.21. The van der Waals surface area contributed by atoms with Crippen molar-refractivity contribution in [2.45, 2.75) is 19.8 Å². The summed E-state index contributed by atoms with van der Waals surface area (Å²) in [6.07, 6.45) is 8.08. The van der Waals surface area contributed by atoms with E-state index in [1.165, 1.54) is 5.57 Å². The molecule has 0 bridgehead atoms. The Bertz CT molecular complexity index is 1020. The number of benzene rings is 1. The molecule has 1 aliphatic rings. The molecule has 1 aliphatic carbocycles. The second-order valence-electron chi connectivity index (χ2n) is 6.87. The monoisotopic (exact) mass is 358 g/mol. The molecule has 2 aromatic heterocycles. The first-order chi connectivity index (χ1) is 13.2. The molecule has 0 saturated carbocycles. The lowest BCUT2D eigenvalue weighted by Gasteiger charge is -2.18. The summed E-state index contributed by atoms with van der Waals surface area (Å²) in [4.78, 5) is 4.60. The van der Waals surface area contributed by atoms with Crippen molar-refractivity contribution in [2.75, 3.05) is 0 Å². The van der Waals surface area contributed by atoms with Crippen LogP contribution in [0, 0.1) is 5.92 Å². The first-order valence-electron chi connectivity index (χ1n) is 9.10. The van der Waals surface area contributed by atoms with E-state index in [0.29, 0.717) is 23.3 Å². The fourth-order valence-electron chi connectivity index (χ4n) is 3.47. The lowest BCUT2D eigenvalue weighted by Crippen LogP contribution is -2.06. The van der Waals surface area contributed by atoms with Gasteiger partial charge in [0.05, 0.1) is 5.69 Å². The molecule has 27 heavy (non-hydrogen) atoms. The molecule has 4 rings (SSSR count). The van der Waals surface area contributed by atoms with Gasteiger partial charge in [0.2, 0.25) is 0 Å². The largest absolute Gasteiger partial charge is 0.332 e. The predicted octanol–water partition coefficient (Wildman–Crippen LogP) is 5.06. The van der Waals surface area contributed by atoms with E-state index >= 15 is 0 Å². The number of aromatic nitrogens is 4. The van der Waals surface area contributed by atoms with Crippen LogP contribution in [0.5, 0.6) is 0 Å². The van der Waals surface area contributed by atoms with Crippen LogP contribution in [-0.2, 0) is 7.05 Å². The second kappa shape index (κ2) is 7.19. The average molecular weight is 358 g/mol. The quantitative estimate of drug-likeness (QED) is 0.598. The van der Waals surface area contributed by atoms with Crippen molar-refractivity contribution in [3.8, 4) is 22.8 Å². The normalized spacial score (nSPS) is 16.7. The van der Waals surface area contributed by atoms with Gasteiger partial charge in [-0.2, -0.15) is 10.1 Å². The zero-order valence-corrected chi connectivity index (χ0v) is 15.6. The number of aryl methyl sites for hydroxylation is 1. The Morgan fingerprint density at radius 3 is 2.81 bits per heavy atom. The summed E-state index contributed by atoms with van der Waals surface area (Å²) in [7, 11) is 1.92. The van der Waals surface area contributed by atoms with Gasteiger partial charge in [0.15, 0.2) is 11.5 Å². The first-order valence-corrected chi connectivity index (χ1v) is 9.10. The maximum absolute atomic E-state index is 5.52. The van der Waals surface area contributed by atoms with E-state index in [4.69, 9.17) is 4.52 Å². The molecule has 1 aromatic carbocycles. The molecule has 1 unspecified atom stereocenters. The zero-order valence-electron chi connectivity index (χ0n) is 15.6. The summed E-state index contributed by atoms with van der Waals surface area (Å²) in [5, 5.41) is 8.75. The summed E-state index contributed by atoms with van der Waals surface area (Å²) in [5.74, 6) is 1.43. The number of nitrogens with zero attached hydrogens (tertiary/aromatic N) is 4. The van der Waals surface area contributed by atoms with Crippen molar-refractivity contribution in [1.82, 2.24) is 19.9 Å². The van der Waals surface area contributed by atoms with Gasteiger partial charge < -0.3 is 4.52 Å². The maximum Gasteiger partial charge on any atom is 0.278 e. The molecular formula is C22H22N4O. The van der Waals surface area contributed by atoms with Crippen LogP contribution in [0.25, 0.3) is 28.4 Å². The Labute approximate surface area is 158 Å². The van der Waals surface area contributed by atoms with E-state index in [1.54, 1.807) is 0 Å². The molecule has 0 N–H and O–H groups in total.